The Hall–Kier alpha value is -4.95. The molecule has 3 aromatic carbocycles. The molecular weight excluding hydrogens is 544 g/mol. The number of ether oxygens (including phenoxy) is 2. The van der Waals surface area contributed by atoms with Crippen LogP contribution < -0.4 is 15.0 Å². The molecule has 0 aliphatic carbocycles. The highest BCUT2D eigenvalue weighted by molar-refractivity contribution is 7.80. The van der Waals surface area contributed by atoms with Gasteiger partial charge in [0.25, 0.3) is 0 Å². The van der Waals surface area contributed by atoms with Crippen molar-refractivity contribution in [2.24, 2.45) is 0 Å². The number of pyridine rings is 1. The second-order valence-electron chi connectivity index (χ2n) is 10.1. The van der Waals surface area contributed by atoms with Gasteiger partial charge in [0.15, 0.2) is 5.11 Å². The molecule has 1 N–H and O–H groups in total. The third-order valence-electron chi connectivity index (χ3n) is 7.51. The summed E-state index contributed by atoms with van der Waals surface area (Å²) < 4.78 is 13.2. The molecule has 8 heteroatoms. The minimum absolute atomic E-state index is 0.183. The van der Waals surface area contributed by atoms with E-state index in [1.165, 1.54) is 7.11 Å². The number of nitrogens with one attached hydrogen (secondary N) is 1. The lowest BCUT2D eigenvalue weighted by molar-refractivity contribution is 0.0600. The van der Waals surface area contributed by atoms with Gasteiger partial charge >= 0.3 is 5.97 Å². The van der Waals surface area contributed by atoms with Gasteiger partial charge in [0.1, 0.15) is 11.5 Å². The van der Waals surface area contributed by atoms with Crippen LogP contribution in [0.25, 0.3) is 5.69 Å². The van der Waals surface area contributed by atoms with Crippen LogP contribution in [0.5, 0.6) is 11.5 Å². The van der Waals surface area contributed by atoms with Gasteiger partial charge in [0.05, 0.1) is 30.5 Å². The number of anilines is 1. The van der Waals surface area contributed by atoms with E-state index in [0.717, 1.165) is 45.5 Å². The molecule has 1 aliphatic heterocycles. The molecule has 5 aromatic rings. The molecule has 42 heavy (non-hydrogen) atoms. The first-order valence-electron chi connectivity index (χ1n) is 13.7. The number of methoxy groups -OCH3 is 1. The van der Waals surface area contributed by atoms with Crippen molar-refractivity contribution in [2.75, 3.05) is 12.0 Å². The zero-order chi connectivity index (χ0) is 29.2. The van der Waals surface area contributed by atoms with Crippen LogP contribution in [0.1, 0.15) is 45.1 Å². The van der Waals surface area contributed by atoms with E-state index >= 15 is 0 Å². The maximum atomic E-state index is 12.3. The Balaban J connectivity index is 1.42. The fourth-order valence-corrected chi connectivity index (χ4v) is 5.97. The van der Waals surface area contributed by atoms with Crippen molar-refractivity contribution in [2.45, 2.75) is 25.9 Å². The lowest BCUT2D eigenvalue weighted by Crippen LogP contribution is -2.29. The highest BCUT2D eigenvalue weighted by Crippen LogP contribution is 2.44. The van der Waals surface area contributed by atoms with Gasteiger partial charge in [0.2, 0.25) is 0 Å². The average Bonchev–Trinajstić information content (AvgIpc) is 3.52. The molecule has 0 radical (unpaired) electrons. The van der Waals surface area contributed by atoms with Crippen LogP contribution in [0.3, 0.4) is 0 Å². The smallest absolute Gasteiger partial charge is 0.337 e. The molecular formula is C34H30N4O3S. The largest absolute Gasteiger partial charge is 0.465 e. The minimum atomic E-state index is -0.369. The summed E-state index contributed by atoms with van der Waals surface area (Å²) in [6.45, 7) is 4.16. The Morgan fingerprint density at radius 3 is 2.31 bits per heavy atom. The van der Waals surface area contributed by atoms with Gasteiger partial charge in [0, 0.05) is 29.0 Å². The van der Waals surface area contributed by atoms with Crippen LogP contribution in [0.15, 0.2) is 109 Å². The predicted octanol–water partition coefficient (Wildman–Crippen LogP) is 7.25. The molecule has 0 spiro atoms. The van der Waals surface area contributed by atoms with E-state index in [9.17, 15) is 4.79 Å². The van der Waals surface area contributed by atoms with E-state index < -0.39 is 0 Å². The monoisotopic (exact) mass is 574 g/mol. The van der Waals surface area contributed by atoms with Gasteiger partial charge in [-0.15, -0.1) is 0 Å². The number of hydrogen-bond donors (Lipinski definition) is 1. The topological polar surface area (TPSA) is 68.6 Å². The maximum Gasteiger partial charge on any atom is 0.337 e. The van der Waals surface area contributed by atoms with Crippen molar-refractivity contribution in [1.82, 2.24) is 14.9 Å². The first kappa shape index (κ1) is 27.2. The van der Waals surface area contributed by atoms with Crippen LogP contribution in [-0.2, 0) is 4.74 Å². The number of carbonyl (C=O) groups is 1. The van der Waals surface area contributed by atoms with Crippen LogP contribution in [-0.4, -0.2) is 27.7 Å². The van der Waals surface area contributed by atoms with E-state index in [4.69, 9.17) is 26.7 Å². The molecule has 0 amide bonds. The lowest BCUT2D eigenvalue weighted by Gasteiger charge is -2.28. The number of aromatic nitrogens is 2. The van der Waals surface area contributed by atoms with Crippen molar-refractivity contribution in [1.29, 1.82) is 0 Å². The van der Waals surface area contributed by atoms with Gasteiger partial charge < -0.3 is 24.3 Å². The molecule has 210 valence electrons. The first-order valence-corrected chi connectivity index (χ1v) is 14.1. The second-order valence-corrected chi connectivity index (χ2v) is 10.5. The van der Waals surface area contributed by atoms with E-state index in [0.29, 0.717) is 10.7 Å². The molecule has 1 saturated heterocycles. The number of carbonyl (C=O) groups excluding carboxylic acids is 1. The summed E-state index contributed by atoms with van der Waals surface area (Å²) in [7, 11) is 1.39. The summed E-state index contributed by atoms with van der Waals surface area (Å²) in [5, 5.41) is 4.16. The number of thiocarbonyl (C=S) groups is 1. The Morgan fingerprint density at radius 1 is 0.857 bits per heavy atom. The van der Waals surface area contributed by atoms with E-state index in [-0.39, 0.29) is 18.1 Å². The van der Waals surface area contributed by atoms with Gasteiger partial charge in [-0.05, 0) is 104 Å². The molecule has 0 bridgehead atoms. The summed E-state index contributed by atoms with van der Waals surface area (Å²) in [5.41, 5.74) is 6.40. The van der Waals surface area contributed by atoms with Crippen LogP contribution in [0.2, 0.25) is 0 Å². The van der Waals surface area contributed by atoms with E-state index in [1.807, 2.05) is 91.0 Å². The van der Waals surface area contributed by atoms with Crippen LogP contribution in [0, 0.1) is 13.8 Å². The van der Waals surface area contributed by atoms with Crippen molar-refractivity contribution >= 4 is 29.0 Å². The third kappa shape index (κ3) is 5.12. The third-order valence-corrected chi connectivity index (χ3v) is 7.82. The standard InChI is InChI=1S/C34H30N4O3S/c1-22-20-29(23(2)37(22)26-11-9-10-24(21-26)33(39)40-3)32-31(30-14-7-8-19-35-30)36-34(42)38(32)25-15-17-28(18-16-25)41-27-12-5-4-6-13-27/h4-21,31-32H,1-3H3,(H,36,42)/t31-,32+/m0/s1. The lowest BCUT2D eigenvalue weighted by atomic mass is 9.96. The predicted molar refractivity (Wildman–Crippen MR) is 167 cm³/mol. The molecule has 1 fully saturated rings. The number of hydrogen-bond acceptors (Lipinski definition) is 5. The molecule has 3 heterocycles. The van der Waals surface area contributed by atoms with Crippen molar-refractivity contribution in [3.05, 3.63) is 138 Å². The fourth-order valence-electron chi connectivity index (χ4n) is 5.62. The molecule has 2 aromatic heterocycles. The molecule has 2 atom stereocenters. The molecule has 1 aliphatic rings. The number of rotatable bonds is 7. The first-order chi connectivity index (χ1) is 20.4. The SMILES string of the molecule is COC(=O)c1cccc(-n2c(C)cc([C@@H]3[C@H](c4ccccn4)NC(=S)N3c3ccc(Oc4ccccc4)cc3)c2C)c1. The van der Waals surface area contributed by atoms with Gasteiger partial charge in [-0.2, -0.15) is 0 Å². The summed E-state index contributed by atoms with van der Waals surface area (Å²) >= 11 is 5.95. The second kappa shape index (κ2) is 11.5. The Bertz CT molecular complexity index is 1740. The average molecular weight is 575 g/mol. The zero-order valence-corrected chi connectivity index (χ0v) is 24.3. The van der Waals surface area contributed by atoms with Crippen molar-refractivity contribution < 1.29 is 14.3 Å². The number of esters is 1. The van der Waals surface area contributed by atoms with Crippen molar-refractivity contribution in [3.63, 3.8) is 0 Å². The summed E-state index contributed by atoms with van der Waals surface area (Å²) in [6, 6.07) is 32.9. The number of nitrogens with zero attached hydrogens (tertiary/aromatic N) is 3. The maximum absolute atomic E-state index is 12.3. The number of para-hydroxylation sites is 1. The van der Waals surface area contributed by atoms with Crippen molar-refractivity contribution in [3.8, 4) is 17.2 Å². The van der Waals surface area contributed by atoms with E-state index in [1.54, 1.807) is 12.3 Å². The Kier molecular flexibility index (Phi) is 7.46. The molecule has 0 saturated carbocycles. The van der Waals surface area contributed by atoms with Gasteiger partial charge in [-0.3, -0.25) is 4.98 Å². The summed E-state index contributed by atoms with van der Waals surface area (Å²) in [4.78, 5) is 19.1. The highest BCUT2D eigenvalue weighted by Gasteiger charge is 2.42. The number of aryl methyl sites for hydroxylation is 1. The van der Waals surface area contributed by atoms with E-state index in [2.05, 4.69) is 34.7 Å². The molecule has 6 rings (SSSR count). The normalized spacial score (nSPS) is 16.3. The molecule has 7 nitrogen and oxygen atoms in total. The summed E-state index contributed by atoms with van der Waals surface area (Å²) in [6.07, 6.45) is 1.80. The Labute approximate surface area is 250 Å². The fraction of sp³-hybridized carbons (Fsp3) is 0.147. The number of benzene rings is 3. The molecule has 0 unspecified atom stereocenters. The highest BCUT2D eigenvalue weighted by atomic mass is 32.1. The zero-order valence-electron chi connectivity index (χ0n) is 23.5. The van der Waals surface area contributed by atoms with Crippen LogP contribution >= 0.6 is 12.2 Å². The van der Waals surface area contributed by atoms with Crippen LogP contribution in [0.4, 0.5) is 5.69 Å². The van der Waals surface area contributed by atoms with Gasteiger partial charge in [-0.25, -0.2) is 4.79 Å². The summed E-state index contributed by atoms with van der Waals surface area (Å²) in [5.74, 6) is 1.15. The minimum Gasteiger partial charge on any atom is -0.465 e. The van der Waals surface area contributed by atoms with Gasteiger partial charge in [-0.1, -0.05) is 30.3 Å². The quantitative estimate of drug-likeness (QED) is 0.162. The Morgan fingerprint density at radius 2 is 1.60 bits per heavy atom.